The second-order valence-corrected chi connectivity index (χ2v) is 5.15. The molecule has 1 aliphatic rings. The van der Waals surface area contributed by atoms with E-state index in [4.69, 9.17) is 14.6 Å². The average molecular weight is 296 g/mol. The van der Waals surface area contributed by atoms with Crippen molar-refractivity contribution in [3.63, 3.8) is 0 Å². The number of carbonyl (C=O) groups is 3. The van der Waals surface area contributed by atoms with Crippen molar-refractivity contribution in [2.75, 3.05) is 13.2 Å². The van der Waals surface area contributed by atoms with Crippen molar-refractivity contribution in [3.05, 3.63) is 24.3 Å². The van der Waals surface area contributed by atoms with Gasteiger partial charge >= 0.3 is 17.9 Å². The Labute approximate surface area is 123 Å². The van der Waals surface area contributed by atoms with Crippen LogP contribution in [0.5, 0.6) is 0 Å². The van der Waals surface area contributed by atoms with Crippen molar-refractivity contribution in [3.8, 4) is 0 Å². The van der Waals surface area contributed by atoms with Crippen molar-refractivity contribution < 1.29 is 29.0 Å². The fourth-order valence-electron chi connectivity index (χ4n) is 2.07. The third kappa shape index (κ3) is 5.06. The van der Waals surface area contributed by atoms with Gasteiger partial charge in [-0.1, -0.05) is 25.7 Å². The maximum absolute atomic E-state index is 12.0. The van der Waals surface area contributed by atoms with Gasteiger partial charge in [-0.2, -0.15) is 0 Å². The summed E-state index contributed by atoms with van der Waals surface area (Å²) in [5, 5.41) is 9.11. The van der Waals surface area contributed by atoms with Crippen LogP contribution in [-0.4, -0.2) is 36.2 Å². The SMILES string of the molecule is C=C(C)C(=O)OCCOC(=O)C1CC(C)C=CC1C(=O)O. The number of rotatable bonds is 6. The highest BCUT2D eigenvalue weighted by Gasteiger charge is 2.36. The summed E-state index contributed by atoms with van der Waals surface area (Å²) < 4.78 is 9.79. The van der Waals surface area contributed by atoms with Gasteiger partial charge < -0.3 is 14.6 Å². The third-order valence-corrected chi connectivity index (χ3v) is 3.20. The van der Waals surface area contributed by atoms with E-state index < -0.39 is 29.7 Å². The van der Waals surface area contributed by atoms with Crippen LogP contribution >= 0.6 is 0 Å². The average Bonchev–Trinajstić information content (AvgIpc) is 2.42. The van der Waals surface area contributed by atoms with E-state index in [9.17, 15) is 14.4 Å². The second-order valence-electron chi connectivity index (χ2n) is 5.15. The highest BCUT2D eigenvalue weighted by molar-refractivity contribution is 5.87. The monoisotopic (exact) mass is 296 g/mol. The molecule has 3 unspecified atom stereocenters. The maximum atomic E-state index is 12.0. The molecule has 1 aliphatic carbocycles. The van der Waals surface area contributed by atoms with Crippen molar-refractivity contribution in [1.82, 2.24) is 0 Å². The number of hydrogen-bond acceptors (Lipinski definition) is 5. The van der Waals surface area contributed by atoms with Crippen LogP contribution in [-0.2, 0) is 23.9 Å². The molecule has 0 amide bonds. The first-order valence-electron chi connectivity index (χ1n) is 6.73. The maximum Gasteiger partial charge on any atom is 0.333 e. The Balaban J connectivity index is 2.46. The standard InChI is InChI=1S/C15H20O6/c1-9(2)14(18)20-6-7-21-15(19)12-8-10(3)4-5-11(12)13(16)17/h4-5,10-12H,1,6-8H2,2-3H3,(H,16,17). The molecule has 1 N–H and O–H groups in total. The third-order valence-electron chi connectivity index (χ3n) is 3.20. The van der Waals surface area contributed by atoms with Gasteiger partial charge in [0.25, 0.3) is 0 Å². The smallest absolute Gasteiger partial charge is 0.333 e. The molecule has 116 valence electrons. The number of carboxylic acid groups (broad SMARTS) is 1. The lowest BCUT2D eigenvalue weighted by Gasteiger charge is -2.26. The Morgan fingerprint density at radius 1 is 1.24 bits per heavy atom. The molecular weight excluding hydrogens is 276 g/mol. The van der Waals surface area contributed by atoms with Crippen LogP contribution in [0.4, 0.5) is 0 Å². The zero-order valence-electron chi connectivity index (χ0n) is 12.2. The molecule has 0 radical (unpaired) electrons. The predicted octanol–water partition coefficient (Wildman–Crippen LogP) is 1.56. The minimum absolute atomic E-state index is 0.0761. The van der Waals surface area contributed by atoms with Gasteiger partial charge in [-0.25, -0.2) is 4.79 Å². The molecule has 1 rings (SSSR count). The molecule has 0 heterocycles. The van der Waals surface area contributed by atoms with Gasteiger partial charge in [-0.15, -0.1) is 0 Å². The number of carboxylic acids is 1. The van der Waals surface area contributed by atoms with Crippen LogP contribution in [0.15, 0.2) is 24.3 Å². The van der Waals surface area contributed by atoms with Crippen LogP contribution < -0.4 is 0 Å². The number of ether oxygens (including phenoxy) is 2. The Kier molecular flexibility index (Phi) is 6.14. The van der Waals surface area contributed by atoms with E-state index in [0.29, 0.717) is 6.42 Å². The summed E-state index contributed by atoms with van der Waals surface area (Å²) in [7, 11) is 0. The first kappa shape index (κ1) is 16.9. The number of carbonyl (C=O) groups excluding carboxylic acids is 2. The van der Waals surface area contributed by atoms with Crippen LogP contribution in [0, 0.1) is 17.8 Å². The molecule has 6 nitrogen and oxygen atoms in total. The lowest BCUT2D eigenvalue weighted by atomic mass is 9.79. The van der Waals surface area contributed by atoms with Crippen LogP contribution in [0.25, 0.3) is 0 Å². The molecule has 0 bridgehead atoms. The molecule has 0 saturated heterocycles. The summed E-state index contributed by atoms with van der Waals surface area (Å²) in [6.45, 7) is 6.67. The lowest BCUT2D eigenvalue weighted by molar-refractivity contribution is -0.159. The normalized spacial score (nSPS) is 24.2. The number of hydrogen-bond donors (Lipinski definition) is 1. The Morgan fingerprint density at radius 2 is 1.86 bits per heavy atom. The van der Waals surface area contributed by atoms with E-state index in [1.165, 1.54) is 13.0 Å². The lowest BCUT2D eigenvalue weighted by Crippen LogP contribution is -2.34. The van der Waals surface area contributed by atoms with Gasteiger partial charge in [-0.05, 0) is 19.3 Å². The van der Waals surface area contributed by atoms with Gasteiger partial charge in [-0.3, -0.25) is 9.59 Å². The largest absolute Gasteiger partial charge is 0.481 e. The van der Waals surface area contributed by atoms with Crippen LogP contribution in [0.1, 0.15) is 20.3 Å². The van der Waals surface area contributed by atoms with E-state index in [1.807, 2.05) is 6.92 Å². The topological polar surface area (TPSA) is 89.9 Å². The Hall–Kier alpha value is -2.11. The fourth-order valence-corrected chi connectivity index (χ4v) is 2.07. The highest BCUT2D eigenvalue weighted by Crippen LogP contribution is 2.29. The number of allylic oxidation sites excluding steroid dienone is 1. The fraction of sp³-hybridized carbons (Fsp3) is 0.533. The zero-order valence-corrected chi connectivity index (χ0v) is 12.2. The molecule has 0 spiro atoms. The van der Waals surface area contributed by atoms with Gasteiger partial charge in [0.15, 0.2) is 0 Å². The van der Waals surface area contributed by atoms with Crippen molar-refractivity contribution in [1.29, 1.82) is 0 Å². The first-order valence-corrected chi connectivity index (χ1v) is 6.73. The van der Waals surface area contributed by atoms with E-state index >= 15 is 0 Å². The molecule has 21 heavy (non-hydrogen) atoms. The van der Waals surface area contributed by atoms with Gasteiger partial charge in [0.05, 0.1) is 11.8 Å². The molecule has 0 aromatic carbocycles. The molecule has 6 heteroatoms. The first-order chi connectivity index (χ1) is 9.82. The predicted molar refractivity (Wildman–Crippen MR) is 74.3 cm³/mol. The molecule has 0 aromatic heterocycles. The molecular formula is C15H20O6. The van der Waals surface area contributed by atoms with E-state index in [0.717, 1.165) is 0 Å². The second kappa shape index (κ2) is 7.61. The summed E-state index contributed by atoms with van der Waals surface area (Å²) >= 11 is 0. The van der Waals surface area contributed by atoms with E-state index in [2.05, 4.69) is 6.58 Å². The molecule has 0 fully saturated rings. The minimum atomic E-state index is -1.05. The molecule has 0 aromatic rings. The summed E-state index contributed by atoms with van der Waals surface area (Å²) in [6.07, 6.45) is 3.75. The minimum Gasteiger partial charge on any atom is -0.481 e. The van der Waals surface area contributed by atoms with E-state index in [-0.39, 0.29) is 24.7 Å². The summed E-state index contributed by atoms with van der Waals surface area (Å²) in [5.74, 6) is -3.63. The molecule has 0 saturated carbocycles. The molecule has 0 aliphatic heterocycles. The summed E-state index contributed by atoms with van der Waals surface area (Å²) in [4.78, 5) is 34.2. The van der Waals surface area contributed by atoms with Crippen LogP contribution in [0.2, 0.25) is 0 Å². The Morgan fingerprint density at radius 3 is 2.43 bits per heavy atom. The summed E-state index contributed by atoms with van der Waals surface area (Å²) in [6, 6.07) is 0. The zero-order chi connectivity index (χ0) is 16.0. The molecule has 3 atom stereocenters. The van der Waals surface area contributed by atoms with Gasteiger partial charge in [0.1, 0.15) is 13.2 Å². The summed E-state index contributed by atoms with van der Waals surface area (Å²) in [5.41, 5.74) is 0.263. The quantitative estimate of drug-likeness (QED) is 0.346. The number of aliphatic carboxylic acids is 1. The van der Waals surface area contributed by atoms with Crippen LogP contribution in [0.3, 0.4) is 0 Å². The van der Waals surface area contributed by atoms with Crippen molar-refractivity contribution in [2.24, 2.45) is 17.8 Å². The van der Waals surface area contributed by atoms with Crippen molar-refractivity contribution >= 4 is 17.9 Å². The van der Waals surface area contributed by atoms with Gasteiger partial charge in [0.2, 0.25) is 0 Å². The van der Waals surface area contributed by atoms with Crippen molar-refractivity contribution in [2.45, 2.75) is 20.3 Å². The van der Waals surface area contributed by atoms with E-state index in [1.54, 1.807) is 6.08 Å². The number of esters is 2. The van der Waals surface area contributed by atoms with Gasteiger partial charge in [0, 0.05) is 5.57 Å². The highest BCUT2D eigenvalue weighted by atomic mass is 16.6. The Bertz CT molecular complexity index is 465.